The number of aromatic hydroxyl groups is 1. The molecule has 0 atom stereocenters. The van der Waals surface area contributed by atoms with Gasteiger partial charge in [0, 0.05) is 22.4 Å². The van der Waals surface area contributed by atoms with Gasteiger partial charge in [0.1, 0.15) is 17.0 Å². The molecule has 4 rings (SSSR count). The van der Waals surface area contributed by atoms with Gasteiger partial charge in [0.25, 0.3) is 0 Å². The standard InChI is InChI=1S/C21H14BrClN2O3/c1-27-19-6-2-12(9-16(19)22)21-25-17-10-15(4-7-20(17)28-21)24-11-13-8-14(23)3-5-18(13)26/h2-11,26H,1H3. The number of benzene rings is 3. The summed E-state index contributed by atoms with van der Waals surface area (Å²) in [5, 5.41) is 10.4. The third-order valence-corrected chi connectivity index (χ3v) is 4.97. The highest BCUT2D eigenvalue weighted by molar-refractivity contribution is 9.10. The summed E-state index contributed by atoms with van der Waals surface area (Å²) >= 11 is 9.43. The predicted molar refractivity (Wildman–Crippen MR) is 114 cm³/mol. The normalized spacial score (nSPS) is 11.4. The van der Waals surface area contributed by atoms with Gasteiger partial charge in [-0.2, -0.15) is 0 Å². The predicted octanol–water partition coefficient (Wildman–Crippen LogP) is 6.38. The number of methoxy groups -OCH3 is 1. The van der Waals surface area contributed by atoms with Crippen molar-refractivity contribution in [1.29, 1.82) is 0 Å². The van der Waals surface area contributed by atoms with Gasteiger partial charge in [-0.1, -0.05) is 11.6 Å². The zero-order chi connectivity index (χ0) is 19.7. The maximum Gasteiger partial charge on any atom is 0.227 e. The second-order valence-electron chi connectivity index (χ2n) is 5.98. The Morgan fingerprint density at radius 3 is 2.79 bits per heavy atom. The lowest BCUT2D eigenvalue weighted by Crippen LogP contribution is -1.85. The van der Waals surface area contributed by atoms with Crippen LogP contribution in [0, 0.1) is 0 Å². The summed E-state index contributed by atoms with van der Waals surface area (Å²) in [5.74, 6) is 1.36. The fourth-order valence-electron chi connectivity index (χ4n) is 2.69. The minimum atomic E-state index is 0.114. The zero-order valence-corrected chi connectivity index (χ0v) is 17.0. The quantitative estimate of drug-likeness (QED) is 0.361. The number of hydrogen-bond donors (Lipinski definition) is 1. The second-order valence-corrected chi connectivity index (χ2v) is 7.27. The molecule has 0 radical (unpaired) electrons. The van der Waals surface area contributed by atoms with Crippen molar-refractivity contribution in [3.05, 3.63) is 69.7 Å². The highest BCUT2D eigenvalue weighted by Gasteiger charge is 2.11. The average molecular weight is 458 g/mol. The van der Waals surface area contributed by atoms with Gasteiger partial charge in [0.05, 0.1) is 17.3 Å². The molecule has 1 aromatic heterocycles. The van der Waals surface area contributed by atoms with E-state index < -0.39 is 0 Å². The van der Waals surface area contributed by atoms with Crippen molar-refractivity contribution in [2.75, 3.05) is 7.11 Å². The molecule has 0 fully saturated rings. The number of phenols is 1. The molecule has 1 N–H and O–H groups in total. The highest BCUT2D eigenvalue weighted by atomic mass is 79.9. The van der Waals surface area contributed by atoms with Crippen LogP contribution in [-0.4, -0.2) is 23.4 Å². The molecule has 140 valence electrons. The molecule has 1 heterocycles. The summed E-state index contributed by atoms with van der Waals surface area (Å²) < 4.78 is 11.9. The Bertz CT molecular complexity index is 1200. The number of rotatable bonds is 4. The molecular weight excluding hydrogens is 444 g/mol. The molecule has 0 aliphatic rings. The van der Waals surface area contributed by atoms with Crippen LogP contribution in [0.5, 0.6) is 11.5 Å². The summed E-state index contributed by atoms with van der Waals surface area (Å²) in [7, 11) is 1.62. The molecule has 5 nitrogen and oxygen atoms in total. The third-order valence-electron chi connectivity index (χ3n) is 4.11. The summed E-state index contributed by atoms with van der Waals surface area (Å²) in [6.45, 7) is 0. The van der Waals surface area contributed by atoms with Crippen LogP contribution in [0.25, 0.3) is 22.6 Å². The number of ether oxygens (including phenoxy) is 1. The van der Waals surface area contributed by atoms with Gasteiger partial charge in [0.2, 0.25) is 5.89 Å². The SMILES string of the molecule is COc1ccc(-c2nc3cc(N=Cc4cc(Cl)ccc4O)ccc3o2)cc1Br. The molecule has 0 bridgehead atoms. The topological polar surface area (TPSA) is 67.9 Å². The first kappa shape index (κ1) is 18.5. The minimum absolute atomic E-state index is 0.114. The summed E-state index contributed by atoms with van der Waals surface area (Å²) in [6, 6.07) is 15.9. The van der Waals surface area contributed by atoms with Gasteiger partial charge >= 0.3 is 0 Å². The van der Waals surface area contributed by atoms with E-state index in [0.717, 1.165) is 15.8 Å². The van der Waals surface area contributed by atoms with Gasteiger partial charge in [-0.15, -0.1) is 0 Å². The van der Waals surface area contributed by atoms with Crippen LogP contribution in [0.3, 0.4) is 0 Å². The van der Waals surface area contributed by atoms with Gasteiger partial charge in [0.15, 0.2) is 5.58 Å². The van der Waals surface area contributed by atoms with Crippen molar-refractivity contribution >= 4 is 50.5 Å². The Balaban J connectivity index is 1.66. The third kappa shape index (κ3) is 3.74. The van der Waals surface area contributed by atoms with E-state index in [9.17, 15) is 5.11 Å². The number of fused-ring (bicyclic) bond motifs is 1. The fraction of sp³-hybridized carbons (Fsp3) is 0.0476. The first-order valence-corrected chi connectivity index (χ1v) is 9.47. The molecule has 0 saturated heterocycles. The van der Waals surface area contributed by atoms with Crippen molar-refractivity contribution in [1.82, 2.24) is 4.98 Å². The van der Waals surface area contributed by atoms with E-state index >= 15 is 0 Å². The number of halogens is 2. The second kappa shape index (κ2) is 7.66. The van der Waals surface area contributed by atoms with E-state index in [1.54, 1.807) is 25.5 Å². The van der Waals surface area contributed by atoms with Gasteiger partial charge in [-0.3, -0.25) is 4.99 Å². The molecular formula is C21H14BrClN2O3. The fourth-order valence-corrected chi connectivity index (χ4v) is 3.41. The van der Waals surface area contributed by atoms with Crippen molar-refractivity contribution in [2.24, 2.45) is 4.99 Å². The lowest BCUT2D eigenvalue weighted by atomic mass is 10.2. The van der Waals surface area contributed by atoms with Crippen molar-refractivity contribution in [3.63, 3.8) is 0 Å². The van der Waals surface area contributed by atoms with E-state index in [1.165, 1.54) is 6.07 Å². The number of nitrogens with zero attached hydrogens (tertiary/aromatic N) is 2. The Kier molecular flexibility index (Phi) is 5.07. The van der Waals surface area contributed by atoms with Crippen LogP contribution in [0.1, 0.15) is 5.56 Å². The zero-order valence-electron chi connectivity index (χ0n) is 14.7. The van der Waals surface area contributed by atoms with Crippen molar-refractivity contribution in [3.8, 4) is 23.0 Å². The number of aromatic nitrogens is 1. The molecule has 0 spiro atoms. The van der Waals surface area contributed by atoms with Crippen molar-refractivity contribution in [2.45, 2.75) is 0 Å². The van der Waals surface area contributed by atoms with E-state index in [1.807, 2.05) is 36.4 Å². The van der Waals surface area contributed by atoms with Crippen LogP contribution in [0.2, 0.25) is 5.02 Å². The smallest absolute Gasteiger partial charge is 0.227 e. The Hall–Kier alpha value is -2.83. The van der Waals surface area contributed by atoms with E-state index in [0.29, 0.717) is 33.3 Å². The van der Waals surface area contributed by atoms with Crippen LogP contribution < -0.4 is 4.74 Å². The maximum atomic E-state index is 9.88. The Morgan fingerprint density at radius 1 is 1.14 bits per heavy atom. The molecule has 0 unspecified atom stereocenters. The first-order valence-electron chi connectivity index (χ1n) is 8.30. The molecule has 4 aromatic rings. The largest absolute Gasteiger partial charge is 0.507 e. The average Bonchev–Trinajstić information content (AvgIpc) is 3.12. The van der Waals surface area contributed by atoms with Gasteiger partial charge < -0.3 is 14.3 Å². The Labute approximate surface area is 174 Å². The number of oxazole rings is 1. The summed E-state index contributed by atoms with van der Waals surface area (Å²) in [5.41, 5.74) is 3.40. The van der Waals surface area contributed by atoms with Crippen LogP contribution in [0.15, 0.2) is 68.5 Å². The van der Waals surface area contributed by atoms with Gasteiger partial charge in [-0.05, 0) is 70.5 Å². The van der Waals surface area contributed by atoms with E-state index in [-0.39, 0.29) is 5.75 Å². The lowest BCUT2D eigenvalue weighted by Gasteiger charge is -2.03. The van der Waals surface area contributed by atoms with E-state index in [2.05, 4.69) is 25.9 Å². The van der Waals surface area contributed by atoms with Crippen LogP contribution >= 0.6 is 27.5 Å². The van der Waals surface area contributed by atoms with Crippen LogP contribution in [-0.2, 0) is 0 Å². The first-order chi connectivity index (χ1) is 13.5. The monoisotopic (exact) mass is 456 g/mol. The number of phenolic OH excluding ortho intramolecular Hbond substituents is 1. The highest BCUT2D eigenvalue weighted by Crippen LogP contribution is 2.32. The Morgan fingerprint density at radius 2 is 2.00 bits per heavy atom. The molecule has 0 amide bonds. The number of hydrogen-bond acceptors (Lipinski definition) is 5. The van der Waals surface area contributed by atoms with Gasteiger partial charge in [-0.25, -0.2) is 4.98 Å². The molecule has 0 saturated carbocycles. The summed E-state index contributed by atoms with van der Waals surface area (Å²) in [6.07, 6.45) is 1.56. The van der Waals surface area contributed by atoms with Crippen LogP contribution in [0.4, 0.5) is 5.69 Å². The maximum absolute atomic E-state index is 9.88. The van der Waals surface area contributed by atoms with E-state index in [4.69, 9.17) is 20.8 Å². The summed E-state index contributed by atoms with van der Waals surface area (Å²) in [4.78, 5) is 8.95. The molecule has 0 aliphatic carbocycles. The minimum Gasteiger partial charge on any atom is -0.507 e. The molecule has 28 heavy (non-hydrogen) atoms. The molecule has 7 heteroatoms. The molecule has 0 aliphatic heterocycles. The lowest BCUT2D eigenvalue weighted by molar-refractivity contribution is 0.412. The van der Waals surface area contributed by atoms with Crippen molar-refractivity contribution < 1.29 is 14.3 Å². The molecule has 3 aromatic carbocycles. The number of aliphatic imine (C=N–C) groups is 1.